The Labute approximate surface area is 117 Å². The lowest BCUT2D eigenvalue weighted by molar-refractivity contribution is -0.130. The van der Waals surface area contributed by atoms with Crippen molar-refractivity contribution in [1.29, 1.82) is 0 Å². The van der Waals surface area contributed by atoms with E-state index < -0.39 is 0 Å². The molecule has 2 rings (SSSR count). The van der Waals surface area contributed by atoms with E-state index >= 15 is 0 Å². The van der Waals surface area contributed by atoms with E-state index in [1.54, 1.807) is 0 Å². The Morgan fingerprint density at radius 1 is 1.21 bits per heavy atom. The average Bonchev–Trinajstić information content (AvgIpc) is 2.76. The number of nitrogens with zero attached hydrogens (tertiary/aromatic N) is 2. The van der Waals surface area contributed by atoms with Crippen LogP contribution in [0.1, 0.15) is 52.9 Å². The zero-order chi connectivity index (χ0) is 13.8. The standard InChI is InChI=1S/C15H29N3O/c1-4-13-15(19)18(14(5-2)16-13)11-12(3)17-9-7-6-8-10-17/h12-14,16H,4-11H2,1-3H3. The zero-order valence-corrected chi connectivity index (χ0v) is 12.7. The van der Waals surface area contributed by atoms with Crippen molar-refractivity contribution in [3.8, 4) is 0 Å². The maximum Gasteiger partial charge on any atom is 0.241 e. The summed E-state index contributed by atoms with van der Waals surface area (Å²) in [5.74, 6) is 0.304. The lowest BCUT2D eigenvalue weighted by Gasteiger charge is -2.36. The molecule has 0 aromatic carbocycles. The van der Waals surface area contributed by atoms with Crippen LogP contribution in [0.3, 0.4) is 0 Å². The largest absolute Gasteiger partial charge is 0.324 e. The van der Waals surface area contributed by atoms with Crippen LogP contribution in [0.25, 0.3) is 0 Å². The van der Waals surface area contributed by atoms with E-state index in [0.29, 0.717) is 11.9 Å². The van der Waals surface area contributed by atoms with Gasteiger partial charge in [-0.1, -0.05) is 20.3 Å². The monoisotopic (exact) mass is 267 g/mol. The average molecular weight is 267 g/mol. The van der Waals surface area contributed by atoms with Crippen LogP contribution >= 0.6 is 0 Å². The molecule has 4 nitrogen and oxygen atoms in total. The summed E-state index contributed by atoms with van der Waals surface area (Å²) in [6.07, 6.45) is 6.11. The number of amides is 1. The van der Waals surface area contributed by atoms with Gasteiger partial charge in [-0.05, 0) is 45.7 Å². The highest BCUT2D eigenvalue weighted by atomic mass is 16.2. The highest BCUT2D eigenvalue weighted by Crippen LogP contribution is 2.19. The summed E-state index contributed by atoms with van der Waals surface area (Å²) in [5, 5.41) is 3.46. The molecule has 0 aliphatic carbocycles. The van der Waals surface area contributed by atoms with Gasteiger partial charge in [-0.2, -0.15) is 0 Å². The molecule has 2 aliphatic heterocycles. The summed E-state index contributed by atoms with van der Waals surface area (Å²) >= 11 is 0. The van der Waals surface area contributed by atoms with Crippen LogP contribution in [0.4, 0.5) is 0 Å². The molecule has 3 unspecified atom stereocenters. The summed E-state index contributed by atoms with van der Waals surface area (Å²) in [6, 6.07) is 0.522. The van der Waals surface area contributed by atoms with E-state index in [-0.39, 0.29) is 12.2 Å². The van der Waals surface area contributed by atoms with Gasteiger partial charge in [0.15, 0.2) is 0 Å². The Hall–Kier alpha value is -0.610. The highest BCUT2D eigenvalue weighted by Gasteiger charge is 2.37. The Morgan fingerprint density at radius 3 is 2.47 bits per heavy atom. The number of piperidine rings is 1. The van der Waals surface area contributed by atoms with Crippen LogP contribution in [0.2, 0.25) is 0 Å². The van der Waals surface area contributed by atoms with Crippen molar-refractivity contribution >= 4 is 5.91 Å². The van der Waals surface area contributed by atoms with Gasteiger partial charge < -0.3 is 4.90 Å². The minimum atomic E-state index is 0.0403. The fourth-order valence-electron chi connectivity index (χ4n) is 3.35. The van der Waals surface area contributed by atoms with Gasteiger partial charge in [0.05, 0.1) is 12.2 Å². The topological polar surface area (TPSA) is 35.6 Å². The maximum atomic E-state index is 12.4. The first kappa shape index (κ1) is 14.8. The van der Waals surface area contributed by atoms with E-state index in [4.69, 9.17) is 0 Å². The molecule has 0 radical (unpaired) electrons. The van der Waals surface area contributed by atoms with Crippen LogP contribution in [0, 0.1) is 0 Å². The smallest absolute Gasteiger partial charge is 0.241 e. The molecule has 0 aromatic heterocycles. The van der Waals surface area contributed by atoms with E-state index in [2.05, 4.69) is 35.9 Å². The van der Waals surface area contributed by atoms with Gasteiger partial charge in [-0.3, -0.25) is 15.0 Å². The lowest BCUT2D eigenvalue weighted by Crippen LogP contribution is -2.48. The molecule has 0 aromatic rings. The molecule has 2 aliphatic rings. The quantitative estimate of drug-likeness (QED) is 0.825. The number of carbonyl (C=O) groups is 1. The molecule has 2 saturated heterocycles. The molecule has 110 valence electrons. The molecule has 2 heterocycles. The molecular formula is C15H29N3O. The first-order valence-electron chi connectivity index (χ1n) is 7.98. The second-order valence-corrected chi connectivity index (χ2v) is 5.99. The van der Waals surface area contributed by atoms with Gasteiger partial charge >= 0.3 is 0 Å². The van der Waals surface area contributed by atoms with E-state index in [9.17, 15) is 4.79 Å². The Morgan fingerprint density at radius 2 is 1.89 bits per heavy atom. The zero-order valence-electron chi connectivity index (χ0n) is 12.7. The van der Waals surface area contributed by atoms with Crippen LogP contribution < -0.4 is 5.32 Å². The van der Waals surface area contributed by atoms with Crippen LogP contribution in [-0.2, 0) is 4.79 Å². The van der Waals surface area contributed by atoms with Crippen LogP contribution in [0.15, 0.2) is 0 Å². The predicted octanol–water partition coefficient (Wildman–Crippen LogP) is 1.81. The van der Waals surface area contributed by atoms with Crippen molar-refractivity contribution in [2.75, 3.05) is 19.6 Å². The van der Waals surface area contributed by atoms with Crippen molar-refractivity contribution < 1.29 is 4.79 Å². The van der Waals surface area contributed by atoms with Crippen molar-refractivity contribution in [2.24, 2.45) is 0 Å². The molecule has 2 fully saturated rings. The fraction of sp³-hybridized carbons (Fsp3) is 0.933. The van der Waals surface area contributed by atoms with E-state index in [1.807, 2.05) is 0 Å². The summed E-state index contributed by atoms with van der Waals surface area (Å²) < 4.78 is 0. The number of carbonyl (C=O) groups excluding carboxylic acids is 1. The minimum absolute atomic E-state index is 0.0403. The molecule has 4 heteroatoms. The maximum absolute atomic E-state index is 12.4. The summed E-state index contributed by atoms with van der Waals surface area (Å²) in [5.41, 5.74) is 0. The SMILES string of the molecule is CCC1NC(CC)N(CC(C)N2CCCCC2)C1=O. The summed E-state index contributed by atoms with van der Waals surface area (Å²) in [7, 11) is 0. The predicted molar refractivity (Wildman–Crippen MR) is 77.9 cm³/mol. The second-order valence-electron chi connectivity index (χ2n) is 5.99. The first-order chi connectivity index (χ1) is 9.17. The van der Waals surface area contributed by atoms with Gasteiger partial charge in [0, 0.05) is 12.6 Å². The number of likely N-dealkylation sites (tertiary alicyclic amines) is 1. The number of hydrogen-bond acceptors (Lipinski definition) is 3. The molecule has 0 spiro atoms. The van der Waals surface area contributed by atoms with Crippen molar-refractivity contribution in [1.82, 2.24) is 15.1 Å². The van der Waals surface area contributed by atoms with Gasteiger partial charge in [-0.25, -0.2) is 0 Å². The second kappa shape index (κ2) is 6.71. The first-order valence-corrected chi connectivity index (χ1v) is 7.98. The summed E-state index contributed by atoms with van der Waals surface area (Å²) in [6.45, 7) is 9.78. The minimum Gasteiger partial charge on any atom is -0.324 e. The van der Waals surface area contributed by atoms with E-state index in [0.717, 1.165) is 19.4 Å². The van der Waals surface area contributed by atoms with Gasteiger partial charge in [0.25, 0.3) is 0 Å². The Balaban J connectivity index is 1.94. The van der Waals surface area contributed by atoms with Crippen LogP contribution in [0.5, 0.6) is 0 Å². The van der Waals surface area contributed by atoms with E-state index in [1.165, 1.54) is 32.4 Å². The highest BCUT2D eigenvalue weighted by molar-refractivity contribution is 5.84. The molecule has 1 N–H and O–H groups in total. The Kier molecular flexibility index (Phi) is 5.22. The third-order valence-electron chi connectivity index (χ3n) is 4.62. The summed E-state index contributed by atoms with van der Waals surface area (Å²) in [4.78, 5) is 17.0. The Bertz CT molecular complexity index is 302. The number of nitrogens with one attached hydrogen (secondary N) is 1. The van der Waals surface area contributed by atoms with Gasteiger partial charge in [0.1, 0.15) is 0 Å². The van der Waals surface area contributed by atoms with Crippen LogP contribution in [-0.4, -0.2) is 53.6 Å². The molecule has 1 amide bonds. The third kappa shape index (κ3) is 3.29. The lowest BCUT2D eigenvalue weighted by atomic mass is 10.1. The number of rotatable bonds is 5. The van der Waals surface area contributed by atoms with Crippen molar-refractivity contribution in [2.45, 2.75) is 71.1 Å². The van der Waals surface area contributed by atoms with Gasteiger partial charge in [0.2, 0.25) is 5.91 Å². The van der Waals surface area contributed by atoms with Crippen molar-refractivity contribution in [3.05, 3.63) is 0 Å². The third-order valence-corrected chi connectivity index (χ3v) is 4.62. The number of hydrogen-bond donors (Lipinski definition) is 1. The molecule has 19 heavy (non-hydrogen) atoms. The molecule has 3 atom stereocenters. The molecule has 0 bridgehead atoms. The normalized spacial score (nSPS) is 30.9. The fourth-order valence-corrected chi connectivity index (χ4v) is 3.35. The van der Waals surface area contributed by atoms with Gasteiger partial charge in [-0.15, -0.1) is 0 Å². The molecule has 0 saturated carbocycles. The van der Waals surface area contributed by atoms with Crippen molar-refractivity contribution in [3.63, 3.8) is 0 Å². The molecular weight excluding hydrogens is 238 g/mol.